The molecule has 0 fully saturated rings. The average molecular weight is 359 g/mol. The van der Waals surface area contributed by atoms with Crippen molar-refractivity contribution < 1.29 is 22.5 Å². The molecular weight excluding hydrogens is 350 g/mol. The Hall–Kier alpha value is -2.75. The van der Waals surface area contributed by atoms with E-state index in [4.69, 9.17) is 12.2 Å². The molecule has 0 aliphatic carbocycles. The number of benzene rings is 2. The van der Waals surface area contributed by atoms with Crippen molar-refractivity contribution in [2.24, 2.45) is 0 Å². The number of anilines is 2. The van der Waals surface area contributed by atoms with Gasteiger partial charge in [-0.3, -0.25) is 10.1 Å². The van der Waals surface area contributed by atoms with Gasteiger partial charge in [-0.05, 0) is 30.4 Å². The summed E-state index contributed by atoms with van der Waals surface area (Å²) >= 11 is 4.84. The van der Waals surface area contributed by atoms with Gasteiger partial charge >= 0.3 is 6.18 Å². The van der Waals surface area contributed by atoms with Crippen LogP contribution in [0.5, 0.6) is 0 Å². The van der Waals surface area contributed by atoms with Crippen molar-refractivity contribution in [3.8, 4) is 0 Å². The molecule has 2 aromatic carbocycles. The molecule has 0 spiro atoms. The SMILES string of the molecule is O=[N+]([O-])c1ccc(F)c(NC(=S)Nc2ccccc2C(F)(F)F)c1. The Morgan fingerprint density at radius 1 is 1.08 bits per heavy atom. The number of nitrogens with zero attached hydrogens (tertiary/aromatic N) is 1. The summed E-state index contributed by atoms with van der Waals surface area (Å²) in [5.41, 5.74) is -1.99. The van der Waals surface area contributed by atoms with E-state index in [9.17, 15) is 27.7 Å². The maximum absolute atomic E-state index is 13.6. The molecule has 24 heavy (non-hydrogen) atoms. The van der Waals surface area contributed by atoms with Gasteiger partial charge in [-0.25, -0.2) is 4.39 Å². The molecule has 0 heterocycles. The van der Waals surface area contributed by atoms with E-state index >= 15 is 0 Å². The summed E-state index contributed by atoms with van der Waals surface area (Å²) < 4.78 is 52.3. The molecule has 0 aliphatic rings. The van der Waals surface area contributed by atoms with Crippen molar-refractivity contribution in [1.82, 2.24) is 0 Å². The fourth-order valence-electron chi connectivity index (χ4n) is 1.84. The molecule has 0 atom stereocenters. The Kier molecular flexibility index (Phi) is 4.98. The predicted molar refractivity (Wildman–Crippen MR) is 84.3 cm³/mol. The van der Waals surface area contributed by atoms with Gasteiger partial charge in [0.15, 0.2) is 5.11 Å². The van der Waals surface area contributed by atoms with Gasteiger partial charge in [0.25, 0.3) is 5.69 Å². The van der Waals surface area contributed by atoms with Gasteiger partial charge in [-0.2, -0.15) is 13.2 Å². The second-order valence-electron chi connectivity index (χ2n) is 4.54. The van der Waals surface area contributed by atoms with E-state index in [1.54, 1.807) is 0 Å². The van der Waals surface area contributed by atoms with Crippen LogP contribution >= 0.6 is 12.2 Å². The molecule has 0 saturated carbocycles. The zero-order valence-corrected chi connectivity index (χ0v) is 12.5. The lowest BCUT2D eigenvalue weighted by Crippen LogP contribution is -2.22. The quantitative estimate of drug-likeness (QED) is 0.364. The minimum Gasteiger partial charge on any atom is -0.332 e. The van der Waals surface area contributed by atoms with Crippen molar-refractivity contribution in [2.75, 3.05) is 10.6 Å². The number of hydrogen-bond acceptors (Lipinski definition) is 3. The topological polar surface area (TPSA) is 67.2 Å². The van der Waals surface area contributed by atoms with Gasteiger partial charge in [0.05, 0.1) is 21.9 Å². The summed E-state index contributed by atoms with van der Waals surface area (Å²) in [6, 6.07) is 7.29. The smallest absolute Gasteiger partial charge is 0.332 e. The van der Waals surface area contributed by atoms with E-state index in [0.717, 1.165) is 30.3 Å². The fourth-order valence-corrected chi connectivity index (χ4v) is 2.06. The third-order valence-corrected chi connectivity index (χ3v) is 3.09. The van der Waals surface area contributed by atoms with Gasteiger partial charge in [0.2, 0.25) is 0 Å². The fraction of sp³-hybridized carbons (Fsp3) is 0.0714. The van der Waals surface area contributed by atoms with E-state index < -0.39 is 28.2 Å². The third kappa shape index (κ3) is 4.16. The Bertz CT molecular complexity index is 796. The molecule has 2 aromatic rings. The van der Waals surface area contributed by atoms with Crippen LogP contribution in [0, 0.1) is 15.9 Å². The first-order chi connectivity index (χ1) is 11.2. The van der Waals surface area contributed by atoms with Crippen LogP contribution in [0.25, 0.3) is 0 Å². The predicted octanol–water partition coefficient (Wildman–Crippen LogP) is 4.56. The van der Waals surface area contributed by atoms with Crippen LogP contribution < -0.4 is 10.6 Å². The van der Waals surface area contributed by atoms with Crippen LogP contribution in [0.3, 0.4) is 0 Å². The number of nitro groups is 1. The number of non-ortho nitro benzene ring substituents is 1. The zero-order chi connectivity index (χ0) is 17.9. The molecule has 0 amide bonds. The maximum Gasteiger partial charge on any atom is 0.418 e. The Morgan fingerprint density at radius 3 is 2.33 bits per heavy atom. The van der Waals surface area contributed by atoms with Gasteiger partial charge in [-0.15, -0.1) is 0 Å². The molecule has 126 valence electrons. The Labute approximate surface area is 138 Å². The zero-order valence-electron chi connectivity index (χ0n) is 11.7. The van der Waals surface area contributed by atoms with Gasteiger partial charge < -0.3 is 10.6 Å². The summed E-state index contributed by atoms with van der Waals surface area (Å²) in [7, 11) is 0. The second-order valence-corrected chi connectivity index (χ2v) is 4.95. The normalized spacial score (nSPS) is 11.0. The standard InChI is InChI=1S/C14H9F4N3O2S/c15-10-6-5-8(21(22)23)7-12(10)20-13(24)19-11-4-2-1-3-9(11)14(16,17)18/h1-7H,(H2,19,20,24). The lowest BCUT2D eigenvalue weighted by Gasteiger charge is -2.16. The number of rotatable bonds is 3. The van der Waals surface area contributed by atoms with Gasteiger partial charge in [-0.1, -0.05) is 12.1 Å². The average Bonchev–Trinajstić information content (AvgIpc) is 2.48. The van der Waals surface area contributed by atoms with Crippen LogP contribution in [0.2, 0.25) is 0 Å². The van der Waals surface area contributed by atoms with E-state index in [2.05, 4.69) is 10.6 Å². The monoisotopic (exact) mass is 359 g/mol. The summed E-state index contributed by atoms with van der Waals surface area (Å²) in [4.78, 5) is 9.94. The molecule has 0 aliphatic heterocycles. The molecule has 5 nitrogen and oxygen atoms in total. The number of nitro benzene ring substituents is 1. The molecule has 0 unspecified atom stereocenters. The summed E-state index contributed by atoms with van der Waals surface area (Å²) in [5.74, 6) is -0.839. The van der Waals surface area contributed by atoms with Crippen LogP contribution in [0.1, 0.15) is 5.56 Å². The Morgan fingerprint density at radius 2 is 1.71 bits per heavy atom. The first-order valence-electron chi connectivity index (χ1n) is 6.36. The number of halogens is 4. The van der Waals surface area contributed by atoms with Crippen LogP contribution in [0.15, 0.2) is 42.5 Å². The minimum atomic E-state index is -4.60. The molecule has 0 radical (unpaired) electrons. The van der Waals surface area contributed by atoms with Crippen molar-refractivity contribution in [1.29, 1.82) is 0 Å². The number of nitrogens with one attached hydrogen (secondary N) is 2. The molecule has 10 heteroatoms. The molecule has 0 saturated heterocycles. The second kappa shape index (κ2) is 6.79. The van der Waals surface area contributed by atoms with E-state index in [1.807, 2.05) is 0 Å². The minimum absolute atomic E-state index is 0.326. The number of thiocarbonyl (C=S) groups is 1. The van der Waals surface area contributed by atoms with E-state index in [-0.39, 0.29) is 16.5 Å². The van der Waals surface area contributed by atoms with E-state index in [0.29, 0.717) is 0 Å². The van der Waals surface area contributed by atoms with Crippen LogP contribution in [-0.2, 0) is 6.18 Å². The van der Waals surface area contributed by atoms with Crippen LogP contribution in [0.4, 0.5) is 34.6 Å². The van der Waals surface area contributed by atoms with Gasteiger partial charge in [0.1, 0.15) is 5.82 Å². The summed E-state index contributed by atoms with van der Waals surface area (Å²) in [5, 5.41) is 14.9. The van der Waals surface area contributed by atoms with E-state index in [1.165, 1.54) is 12.1 Å². The molecule has 2 N–H and O–H groups in total. The number of para-hydroxylation sites is 1. The molecule has 0 bridgehead atoms. The van der Waals surface area contributed by atoms with Crippen molar-refractivity contribution in [3.63, 3.8) is 0 Å². The highest BCUT2D eigenvalue weighted by molar-refractivity contribution is 7.80. The highest BCUT2D eigenvalue weighted by Crippen LogP contribution is 2.34. The van der Waals surface area contributed by atoms with Crippen LogP contribution in [-0.4, -0.2) is 10.0 Å². The molecule has 2 rings (SSSR count). The van der Waals surface area contributed by atoms with Crippen molar-refractivity contribution in [2.45, 2.75) is 6.18 Å². The van der Waals surface area contributed by atoms with Crippen molar-refractivity contribution >= 4 is 34.4 Å². The number of alkyl halides is 3. The molecule has 0 aromatic heterocycles. The lowest BCUT2D eigenvalue weighted by atomic mass is 10.1. The summed E-state index contributed by atoms with van der Waals surface area (Å²) in [6.07, 6.45) is -4.60. The highest BCUT2D eigenvalue weighted by atomic mass is 32.1. The van der Waals surface area contributed by atoms with Crippen molar-refractivity contribution in [3.05, 3.63) is 64.0 Å². The number of hydrogen-bond donors (Lipinski definition) is 2. The molecular formula is C14H9F4N3O2S. The van der Waals surface area contributed by atoms with Gasteiger partial charge in [0, 0.05) is 12.1 Å². The first kappa shape index (κ1) is 17.6. The Balaban J connectivity index is 2.21. The summed E-state index contributed by atoms with van der Waals surface area (Å²) in [6.45, 7) is 0. The largest absolute Gasteiger partial charge is 0.418 e. The third-order valence-electron chi connectivity index (χ3n) is 2.89. The lowest BCUT2D eigenvalue weighted by molar-refractivity contribution is -0.384. The first-order valence-corrected chi connectivity index (χ1v) is 6.77. The highest BCUT2D eigenvalue weighted by Gasteiger charge is 2.33. The maximum atomic E-state index is 13.6.